The molecule has 2 aromatic heterocycles. The molecule has 0 amide bonds. The van der Waals surface area contributed by atoms with Gasteiger partial charge in [0.1, 0.15) is 11.5 Å². The Kier molecular flexibility index (Phi) is 4.76. The Morgan fingerprint density at radius 2 is 1.88 bits per heavy atom. The van der Waals surface area contributed by atoms with Crippen LogP contribution in [0.5, 0.6) is 0 Å². The molecule has 0 N–H and O–H groups in total. The molecule has 25 heavy (non-hydrogen) atoms. The lowest BCUT2D eigenvalue weighted by Crippen LogP contribution is -2.10. The average molecular weight is 333 g/mol. The SMILES string of the molecule is CCc1nccn1Cc1cc(C#Cc2ccc(C(C)(C)C)cc2)on1. The molecule has 2 heterocycles. The van der Waals surface area contributed by atoms with Gasteiger partial charge in [0, 0.05) is 30.4 Å². The lowest BCUT2D eigenvalue weighted by molar-refractivity contribution is 0.401. The summed E-state index contributed by atoms with van der Waals surface area (Å²) in [6.45, 7) is 9.34. The van der Waals surface area contributed by atoms with Crippen molar-refractivity contribution in [2.75, 3.05) is 0 Å². The van der Waals surface area contributed by atoms with Gasteiger partial charge in [-0.1, -0.05) is 50.9 Å². The number of hydrogen-bond acceptors (Lipinski definition) is 3. The van der Waals surface area contributed by atoms with Crippen LogP contribution in [0.2, 0.25) is 0 Å². The molecule has 0 aliphatic heterocycles. The van der Waals surface area contributed by atoms with E-state index in [2.05, 4.69) is 66.4 Å². The van der Waals surface area contributed by atoms with Gasteiger partial charge in [-0.15, -0.1) is 0 Å². The molecule has 0 spiro atoms. The summed E-state index contributed by atoms with van der Waals surface area (Å²) in [5, 5.41) is 4.10. The van der Waals surface area contributed by atoms with E-state index in [4.69, 9.17) is 4.52 Å². The first-order valence-electron chi connectivity index (χ1n) is 8.54. The van der Waals surface area contributed by atoms with E-state index in [0.717, 1.165) is 23.5 Å². The van der Waals surface area contributed by atoms with Crippen LogP contribution in [0, 0.1) is 11.8 Å². The van der Waals surface area contributed by atoms with E-state index in [0.29, 0.717) is 12.3 Å². The van der Waals surface area contributed by atoms with Crippen molar-refractivity contribution in [2.24, 2.45) is 0 Å². The van der Waals surface area contributed by atoms with Crippen molar-refractivity contribution in [3.05, 3.63) is 71.1 Å². The minimum Gasteiger partial charge on any atom is -0.347 e. The van der Waals surface area contributed by atoms with Gasteiger partial charge in [-0.25, -0.2) is 4.98 Å². The zero-order valence-electron chi connectivity index (χ0n) is 15.2. The van der Waals surface area contributed by atoms with E-state index < -0.39 is 0 Å². The molecule has 3 aromatic rings. The van der Waals surface area contributed by atoms with Crippen molar-refractivity contribution in [1.29, 1.82) is 0 Å². The molecule has 0 saturated carbocycles. The molecule has 0 bridgehead atoms. The summed E-state index contributed by atoms with van der Waals surface area (Å²) >= 11 is 0. The molecule has 0 atom stereocenters. The van der Waals surface area contributed by atoms with Crippen molar-refractivity contribution in [3.8, 4) is 11.8 Å². The molecule has 0 unspecified atom stereocenters. The van der Waals surface area contributed by atoms with Crippen LogP contribution in [0.15, 0.2) is 47.2 Å². The maximum atomic E-state index is 5.33. The zero-order valence-corrected chi connectivity index (χ0v) is 15.2. The van der Waals surface area contributed by atoms with Gasteiger partial charge >= 0.3 is 0 Å². The molecule has 0 aliphatic carbocycles. The summed E-state index contributed by atoms with van der Waals surface area (Å²) in [6.07, 6.45) is 4.65. The molecule has 0 saturated heterocycles. The van der Waals surface area contributed by atoms with E-state index in [1.165, 1.54) is 5.56 Å². The fourth-order valence-electron chi connectivity index (χ4n) is 2.61. The molecule has 128 valence electrons. The van der Waals surface area contributed by atoms with Gasteiger partial charge in [0.25, 0.3) is 0 Å². The Bertz CT molecular complexity index is 899. The number of aryl methyl sites for hydroxylation is 1. The average Bonchev–Trinajstić information content (AvgIpc) is 3.22. The summed E-state index contributed by atoms with van der Waals surface area (Å²) in [6, 6.07) is 10.2. The number of imidazole rings is 1. The topological polar surface area (TPSA) is 43.9 Å². The van der Waals surface area contributed by atoms with Crippen LogP contribution in [-0.4, -0.2) is 14.7 Å². The third-order valence-corrected chi connectivity index (χ3v) is 4.09. The number of aromatic nitrogens is 3. The predicted octanol–water partition coefficient (Wildman–Crippen LogP) is 4.18. The Balaban J connectivity index is 1.71. The van der Waals surface area contributed by atoms with E-state index >= 15 is 0 Å². The first-order valence-corrected chi connectivity index (χ1v) is 8.54. The first kappa shape index (κ1) is 17.0. The summed E-state index contributed by atoms with van der Waals surface area (Å²) in [7, 11) is 0. The van der Waals surface area contributed by atoms with Crippen LogP contribution < -0.4 is 0 Å². The van der Waals surface area contributed by atoms with Crippen LogP contribution in [0.25, 0.3) is 0 Å². The highest BCUT2D eigenvalue weighted by molar-refractivity contribution is 5.41. The van der Waals surface area contributed by atoms with Gasteiger partial charge < -0.3 is 9.09 Å². The lowest BCUT2D eigenvalue weighted by atomic mass is 9.87. The third-order valence-electron chi connectivity index (χ3n) is 4.09. The van der Waals surface area contributed by atoms with E-state index in [-0.39, 0.29) is 5.41 Å². The molecule has 0 aliphatic rings. The summed E-state index contributed by atoms with van der Waals surface area (Å²) in [4.78, 5) is 4.31. The number of hydrogen-bond donors (Lipinski definition) is 0. The van der Waals surface area contributed by atoms with Crippen LogP contribution in [0.1, 0.15) is 56.1 Å². The predicted molar refractivity (Wildman–Crippen MR) is 98.3 cm³/mol. The standard InChI is InChI=1S/C21H23N3O/c1-5-20-22-12-13-24(20)15-18-14-19(25-23-18)11-8-16-6-9-17(10-7-16)21(2,3)4/h6-7,9-10,12-14H,5,15H2,1-4H3. The van der Waals surface area contributed by atoms with Crippen LogP contribution in [0.3, 0.4) is 0 Å². The maximum Gasteiger partial charge on any atom is 0.210 e. The van der Waals surface area contributed by atoms with Gasteiger partial charge in [-0.05, 0) is 29.0 Å². The van der Waals surface area contributed by atoms with Crippen molar-refractivity contribution in [3.63, 3.8) is 0 Å². The third kappa shape index (κ3) is 4.19. The molecule has 4 nitrogen and oxygen atoms in total. The Morgan fingerprint density at radius 3 is 2.56 bits per heavy atom. The van der Waals surface area contributed by atoms with Gasteiger partial charge in [-0.3, -0.25) is 0 Å². The van der Waals surface area contributed by atoms with Crippen molar-refractivity contribution in [1.82, 2.24) is 14.7 Å². The summed E-state index contributed by atoms with van der Waals surface area (Å²) < 4.78 is 7.40. The highest BCUT2D eigenvalue weighted by Gasteiger charge is 2.12. The first-order chi connectivity index (χ1) is 12.0. The normalized spacial score (nSPS) is 11.2. The highest BCUT2D eigenvalue weighted by Crippen LogP contribution is 2.21. The molecule has 3 rings (SSSR count). The minimum atomic E-state index is 0.149. The molecule has 1 aromatic carbocycles. The van der Waals surface area contributed by atoms with Crippen LogP contribution in [0.4, 0.5) is 0 Å². The Morgan fingerprint density at radius 1 is 1.12 bits per heavy atom. The smallest absolute Gasteiger partial charge is 0.210 e. The highest BCUT2D eigenvalue weighted by atomic mass is 16.5. The van der Waals surface area contributed by atoms with E-state index in [1.807, 2.05) is 24.4 Å². The maximum absolute atomic E-state index is 5.33. The van der Waals surface area contributed by atoms with Crippen LogP contribution >= 0.6 is 0 Å². The number of nitrogens with zero attached hydrogens (tertiary/aromatic N) is 3. The van der Waals surface area contributed by atoms with E-state index in [1.54, 1.807) is 6.20 Å². The molecular formula is C21H23N3O. The van der Waals surface area contributed by atoms with Crippen molar-refractivity contribution >= 4 is 0 Å². The van der Waals surface area contributed by atoms with Crippen molar-refractivity contribution in [2.45, 2.75) is 46.1 Å². The monoisotopic (exact) mass is 333 g/mol. The molecule has 0 radical (unpaired) electrons. The molecule has 0 fully saturated rings. The summed E-state index contributed by atoms with van der Waals surface area (Å²) in [5.41, 5.74) is 3.26. The largest absolute Gasteiger partial charge is 0.347 e. The molecule has 4 heteroatoms. The second-order valence-corrected chi connectivity index (χ2v) is 7.08. The quantitative estimate of drug-likeness (QED) is 0.675. The van der Waals surface area contributed by atoms with Gasteiger partial charge in [-0.2, -0.15) is 0 Å². The second-order valence-electron chi connectivity index (χ2n) is 7.08. The zero-order chi connectivity index (χ0) is 17.9. The fourth-order valence-corrected chi connectivity index (χ4v) is 2.61. The Labute approximate surface area is 148 Å². The second kappa shape index (κ2) is 6.98. The lowest BCUT2D eigenvalue weighted by Gasteiger charge is -2.18. The Hall–Kier alpha value is -2.80. The van der Waals surface area contributed by atoms with Gasteiger partial charge in [0.05, 0.1) is 6.54 Å². The van der Waals surface area contributed by atoms with Crippen LogP contribution in [-0.2, 0) is 18.4 Å². The number of benzene rings is 1. The van der Waals surface area contributed by atoms with Gasteiger partial charge in [0.15, 0.2) is 0 Å². The molecular weight excluding hydrogens is 310 g/mol. The van der Waals surface area contributed by atoms with Crippen molar-refractivity contribution < 1.29 is 4.52 Å². The van der Waals surface area contributed by atoms with Gasteiger partial charge in [0.2, 0.25) is 5.76 Å². The van der Waals surface area contributed by atoms with E-state index in [9.17, 15) is 0 Å². The summed E-state index contributed by atoms with van der Waals surface area (Å²) in [5.74, 6) is 7.79. The fraction of sp³-hybridized carbons (Fsp3) is 0.333. The minimum absolute atomic E-state index is 0.149. The number of rotatable bonds is 3.